The maximum atomic E-state index is 12.1. The number of hydrogen-bond donors (Lipinski definition) is 1. The van der Waals surface area contributed by atoms with Crippen molar-refractivity contribution in [3.05, 3.63) is 30.3 Å². The molecule has 0 aliphatic carbocycles. The van der Waals surface area contributed by atoms with Crippen LogP contribution >= 0.6 is 0 Å². The van der Waals surface area contributed by atoms with Crippen LogP contribution in [-0.2, 0) is 9.59 Å². The van der Waals surface area contributed by atoms with Crippen LogP contribution in [0.5, 0.6) is 5.75 Å². The molecule has 0 saturated heterocycles. The van der Waals surface area contributed by atoms with Gasteiger partial charge in [-0.3, -0.25) is 9.59 Å². The first-order valence-corrected chi connectivity index (χ1v) is 6.03. The summed E-state index contributed by atoms with van der Waals surface area (Å²) in [6.07, 6.45) is 0.689. The fourth-order valence-electron chi connectivity index (χ4n) is 1.85. The Labute approximate surface area is 107 Å². The van der Waals surface area contributed by atoms with Crippen LogP contribution in [-0.4, -0.2) is 17.0 Å². The number of hydrogen-bond acceptors (Lipinski definition) is 3. The molecule has 0 unspecified atom stereocenters. The van der Waals surface area contributed by atoms with E-state index < -0.39 is 17.4 Å². The number of aliphatic carboxylic acids is 1. The Balaban J connectivity index is 2.86. The molecule has 0 aliphatic rings. The Bertz CT molecular complexity index is 407. The van der Waals surface area contributed by atoms with Gasteiger partial charge < -0.3 is 9.84 Å². The molecular formula is C14H18O4. The van der Waals surface area contributed by atoms with E-state index in [0.29, 0.717) is 18.6 Å². The molecule has 1 aromatic rings. The SMILES string of the molecule is CCC(CC)(CC(=O)O)C(=O)Oc1ccccc1. The molecule has 1 N–H and O–H groups in total. The van der Waals surface area contributed by atoms with Crippen LogP contribution in [0.2, 0.25) is 0 Å². The van der Waals surface area contributed by atoms with Crippen molar-refractivity contribution in [2.24, 2.45) is 5.41 Å². The van der Waals surface area contributed by atoms with E-state index >= 15 is 0 Å². The van der Waals surface area contributed by atoms with Crippen LogP contribution in [0.4, 0.5) is 0 Å². The summed E-state index contributed by atoms with van der Waals surface area (Å²) in [5, 5.41) is 8.92. The summed E-state index contributed by atoms with van der Waals surface area (Å²) in [7, 11) is 0. The van der Waals surface area contributed by atoms with Gasteiger partial charge in [0, 0.05) is 0 Å². The van der Waals surface area contributed by atoms with Crippen molar-refractivity contribution >= 4 is 11.9 Å². The molecule has 0 aromatic heterocycles. The molecule has 0 saturated carbocycles. The average molecular weight is 250 g/mol. The quantitative estimate of drug-likeness (QED) is 0.623. The first-order valence-electron chi connectivity index (χ1n) is 6.03. The van der Waals surface area contributed by atoms with E-state index in [9.17, 15) is 9.59 Å². The summed E-state index contributed by atoms with van der Waals surface area (Å²) in [5.74, 6) is -1.01. The minimum atomic E-state index is -0.983. The number of para-hydroxylation sites is 1. The molecule has 0 heterocycles. The zero-order valence-electron chi connectivity index (χ0n) is 10.7. The number of carboxylic acid groups (broad SMARTS) is 1. The number of ether oxygens (including phenoxy) is 1. The van der Waals surface area contributed by atoms with Crippen LogP contribution in [0, 0.1) is 5.41 Å². The van der Waals surface area contributed by atoms with Gasteiger partial charge >= 0.3 is 11.9 Å². The van der Waals surface area contributed by atoms with Crippen molar-refractivity contribution in [1.82, 2.24) is 0 Å². The van der Waals surface area contributed by atoms with E-state index in [-0.39, 0.29) is 6.42 Å². The summed E-state index contributed by atoms with van der Waals surface area (Å²) in [5.41, 5.74) is -0.943. The van der Waals surface area contributed by atoms with Gasteiger partial charge in [0.1, 0.15) is 5.75 Å². The van der Waals surface area contributed by atoms with E-state index in [1.807, 2.05) is 6.07 Å². The second-order valence-electron chi connectivity index (χ2n) is 4.26. The molecule has 4 heteroatoms. The molecule has 0 spiro atoms. The third kappa shape index (κ3) is 3.32. The maximum Gasteiger partial charge on any atom is 0.318 e. The van der Waals surface area contributed by atoms with Gasteiger partial charge in [-0.25, -0.2) is 0 Å². The zero-order valence-corrected chi connectivity index (χ0v) is 10.7. The van der Waals surface area contributed by atoms with Gasteiger partial charge in [0.2, 0.25) is 0 Å². The lowest BCUT2D eigenvalue weighted by Gasteiger charge is -2.27. The molecule has 0 radical (unpaired) electrons. The lowest BCUT2D eigenvalue weighted by Crippen LogP contribution is -2.36. The monoisotopic (exact) mass is 250 g/mol. The highest BCUT2D eigenvalue weighted by Crippen LogP contribution is 2.32. The van der Waals surface area contributed by atoms with E-state index in [1.165, 1.54) is 0 Å². The lowest BCUT2D eigenvalue weighted by atomic mass is 9.79. The molecule has 1 aromatic carbocycles. The van der Waals surface area contributed by atoms with Gasteiger partial charge in [-0.2, -0.15) is 0 Å². The van der Waals surface area contributed by atoms with Gasteiger partial charge in [-0.05, 0) is 25.0 Å². The number of rotatable bonds is 6. The number of benzene rings is 1. The Morgan fingerprint density at radius 1 is 1.17 bits per heavy atom. The molecule has 0 bridgehead atoms. The highest BCUT2D eigenvalue weighted by Gasteiger charge is 2.39. The molecule has 0 atom stereocenters. The Morgan fingerprint density at radius 3 is 2.17 bits per heavy atom. The van der Waals surface area contributed by atoms with Crippen molar-refractivity contribution in [1.29, 1.82) is 0 Å². The fourth-order valence-corrected chi connectivity index (χ4v) is 1.85. The predicted octanol–water partition coefficient (Wildman–Crippen LogP) is 2.87. The van der Waals surface area contributed by atoms with Gasteiger partial charge in [0.25, 0.3) is 0 Å². The second-order valence-corrected chi connectivity index (χ2v) is 4.26. The van der Waals surface area contributed by atoms with Gasteiger partial charge in [0.15, 0.2) is 0 Å². The fraction of sp³-hybridized carbons (Fsp3) is 0.429. The number of carbonyl (C=O) groups is 2. The number of carboxylic acids is 1. The summed E-state index contributed by atoms with van der Waals surface area (Å²) in [4.78, 5) is 23.0. The molecule has 0 amide bonds. The van der Waals surface area contributed by atoms with Crippen LogP contribution in [0.3, 0.4) is 0 Å². The Hall–Kier alpha value is -1.84. The van der Waals surface area contributed by atoms with Crippen molar-refractivity contribution < 1.29 is 19.4 Å². The highest BCUT2D eigenvalue weighted by atomic mass is 16.5. The van der Waals surface area contributed by atoms with Crippen molar-refractivity contribution in [3.63, 3.8) is 0 Å². The standard InChI is InChI=1S/C14H18O4/c1-3-14(4-2,10-12(15)16)13(17)18-11-8-6-5-7-9-11/h5-9H,3-4,10H2,1-2H3,(H,15,16). The maximum absolute atomic E-state index is 12.1. The number of carbonyl (C=O) groups excluding carboxylic acids is 1. The van der Waals surface area contributed by atoms with E-state index in [4.69, 9.17) is 9.84 Å². The first kappa shape index (κ1) is 14.2. The van der Waals surface area contributed by atoms with Crippen LogP contribution < -0.4 is 4.74 Å². The van der Waals surface area contributed by atoms with E-state index in [2.05, 4.69) is 0 Å². The van der Waals surface area contributed by atoms with Gasteiger partial charge in [0.05, 0.1) is 11.8 Å². The average Bonchev–Trinajstić information content (AvgIpc) is 2.36. The summed E-state index contributed by atoms with van der Waals surface area (Å²) >= 11 is 0. The van der Waals surface area contributed by atoms with Crippen LogP contribution in [0.15, 0.2) is 30.3 Å². The first-order chi connectivity index (χ1) is 8.54. The van der Waals surface area contributed by atoms with Crippen LogP contribution in [0.25, 0.3) is 0 Å². The lowest BCUT2D eigenvalue weighted by molar-refractivity contribution is -0.154. The topological polar surface area (TPSA) is 63.6 Å². The van der Waals surface area contributed by atoms with Crippen molar-refractivity contribution in [3.8, 4) is 5.75 Å². The summed E-state index contributed by atoms with van der Waals surface area (Å²) < 4.78 is 5.26. The minimum Gasteiger partial charge on any atom is -0.481 e. The normalized spacial score (nSPS) is 11.0. The molecule has 4 nitrogen and oxygen atoms in total. The third-order valence-electron chi connectivity index (χ3n) is 3.23. The van der Waals surface area contributed by atoms with Gasteiger partial charge in [-0.15, -0.1) is 0 Å². The smallest absolute Gasteiger partial charge is 0.318 e. The molecule has 0 aliphatic heterocycles. The van der Waals surface area contributed by atoms with Crippen molar-refractivity contribution in [2.75, 3.05) is 0 Å². The summed E-state index contributed by atoms with van der Waals surface area (Å²) in [6.45, 7) is 3.61. The molecule has 18 heavy (non-hydrogen) atoms. The van der Waals surface area contributed by atoms with E-state index in [0.717, 1.165) is 0 Å². The minimum absolute atomic E-state index is 0.203. The predicted molar refractivity (Wildman–Crippen MR) is 67.3 cm³/mol. The molecular weight excluding hydrogens is 232 g/mol. The van der Waals surface area contributed by atoms with Crippen molar-refractivity contribution in [2.45, 2.75) is 33.1 Å². The molecule has 1 rings (SSSR count). The third-order valence-corrected chi connectivity index (χ3v) is 3.23. The van der Waals surface area contributed by atoms with E-state index in [1.54, 1.807) is 38.1 Å². The van der Waals surface area contributed by atoms with Gasteiger partial charge in [-0.1, -0.05) is 32.0 Å². The molecule has 0 fully saturated rings. The van der Waals surface area contributed by atoms with Crippen LogP contribution in [0.1, 0.15) is 33.1 Å². The zero-order chi connectivity index (χ0) is 13.6. The largest absolute Gasteiger partial charge is 0.481 e. The second kappa shape index (κ2) is 6.19. The Morgan fingerprint density at radius 2 is 1.72 bits per heavy atom. The number of esters is 1. The summed E-state index contributed by atoms with van der Waals surface area (Å²) in [6, 6.07) is 8.70. The highest BCUT2D eigenvalue weighted by molar-refractivity contribution is 5.84. The molecule has 98 valence electrons. The Kier molecular flexibility index (Phi) is 4.89.